The molecule has 1 amide bonds. The van der Waals surface area contributed by atoms with Gasteiger partial charge in [-0.1, -0.05) is 19.9 Å². The van der Waals surface area contributed by atoms with Crippen molar-refractivity contribution in [2.45, 2.75) is 26.7 Å². The fourth-order valence-electron chi connectivity index (χ4n) is 1.28. The van der Waals surface area contributed by atoms with Crippen molar-refractivity contribution in [1.82, 2.24) is 4.98 Å². The number of nitrogens with two attached hydrogens (primary N) is 1. The van der Waals surface area contributed by atoms with E-state index < -0.39 is 0 Å². The second-order valence-corrected chi connectivity index (χ2v) is 3.71. The predicted molar refractivity (Wildman–Crippen MR) is 55.7 cm³/mol. The molecule has 14 heavy (non-hydrogen) atoms. The van der Waals surface area contributed by atoms with E-state index in [1.54, 1.807) is 6.20 Å². The predicted octanol–water partition coefficient (Wildman–Crippen LogP) is 1.61. The molecule has 2 N–H and O–H groups in total. The van der Waals surface area contributed by atoms with Crippen LogP contribution in [0, 0.1) is 12.8 Å². The molecule has 0 fully saturated rings. The van der Waals surface area contributed by atoms with Gasteiger partial charge >= 0.3 is 0 Å². The van der Waals surface area contributed by atoms with Gasteiger partial charge in [-0.3, -0.25) is 9.78 Å². The summed E-state index contributed by atoms with van der Waals surface area (Å²) < 4.78 is 0. The van der Waals surface area contributed by atoms with E-state index in [0.29, 0.717) is 0 Å². The molecule has 3 nitrogen and oxygen atoms in total. The summed E-state index contributed by atoms with van der Waals surface area (Å²) in [5.74, 6) is -0.293. The normalized spacial score (nSPS) is 14.8. The van der Waals surface area contributed by atoms with Gasteiger partial charge in [0.25, 0.3) is 0 Å². The topological polar surface area (TPSA) is 56.0 Å². The van der Waals surface area contributed by atoms with Crippen LogP contribution >= 0.6 is 0 Å². The minimum Gasteiger partial charge on any atom is -0.369 e. The van der Waals surface area contributed by atoms with E-state index in [1.807, 2.05) is 32.9 Å². The summed E-state index contributed by atoms with van der Waals surface area (Å²) in [6, 6.07) is 3.94. The Kier molecular flexibility index (Phi) is 3.23. The third kappa shape index (κ3) is 2.31. The van der Waals surface area contributed by atoms with Crippen molar-refractivity contribution in [2.75, 3.05) is 0 Å². The van der Waals surface area contributed by atoms with Crippen LogP contribution in [0.3, 0.4) is 0 Å². The molecule has 1 aromatic rings. The number of aromatic nitrogens is 1. The monoisotopic (exact) mass is 192 g/mol. The fraction of sp³-hybridized carbons (Fsp3) is 0.455. The first-order valence-corrected chi connectivity index (χ1v) is 4.74. The minimum absolute atomic E-state index is 0.126. The minimum atomic E-state index is -0.266. The molecule has 0 saturated heterocycles. The molecule has 0 saturated carbocycles. The van der Waals surface area contributed by atoms with Crippen molar-refractivity contribution in [3.8, 4) is 0 Å². The Balaban J connectivity index is 2.84. The average Bonchev–Trinajstić information content (AvgIpc) is 2.16. The number of pyridine rings is 1. The highest BCUT2D eigenvalue weighted by molar-refractivity contribution is 5.77. The molecular weight excluding hydrogens is 176 g/mol. The summed E-state index contributed by atoms with van der Waals surface area (Å²) in [5.41, 5.74) is 7.28. The van der Waals surface area contributed by atoms with Gasteiger partial charge < -0.3 is 5.73 Å². The zero-order valence-electron chi connectivity index (χ0n) is 8.82. The SMILES string of the molecule is Cc1ccc(C(C)C(C)C(N)=O)cn1. The van der Waals surface area contributed by atoms with Gasteiger partial charge in [0, 0.05) is 17.8 Å². The van der Waals surface area contributed by atoms with Crippen molar-refractivity contribution < 1.29 is 4.79 Å². The molecule has 0 aliphatic rings. The second-order valence-electron chi connectivity index (χ2n) is 3.71. The zero-order valence-corrected chi connectivity index (χ0v) is 8.82. The standard InChI is InChI=1S/C11H16N2O/c1-7-4-5-10(6-13-7)8(2)9(3)11(12)14/h4-6,8-9H,1-3H3,(H2,12,14). The average molecular weight is 192 g/mol. The number of rotatable bonds is 3. The van der Waals surface area contributed by atoms with Crippen LogP contribution in [0.1, 0.15) is 31.0 Å². The first kappa shape index (κ1) is 10.7. The maximum atomic E-state index is 11.0. The van der Waals surface area contributed by atoms with Gasteiger partial charge in [0.1, 0.15) is 0 Å². The van der Waals surface area contributed by atoms with Gasteiger partial charge in [0.2, 0.25) is 5.91 Å². The van der Waals surface area contributed by atoms with Gasteiger partial charge in [-0.25, -0.2) is 0 Å². The Morgan fingerprint density at radius 1 is 1.43 bits per heavy atom. The molecule has 0 spiro atoms. The third-order valence-corrected chi connectivity index (χ3v) is 2.66. The number of carbonyl (C=O) groups excluding carboxylic acids is 1. The van der Waals surface area contributed by atoms with E-state index in [9.17, 15) is 4.79 Å². The summed E-state index contributed by atoms with van der Waals surface area (Å²) >= 11 is 0. The van der Waals surface area contributed by atoms with Crippen LogP contribution in [0.25, 0.3) is 0 Å². The summed E-state index contributed by atoms with van der Waals surface area (Å²) in [4.78, 5) is 15.2. The van der Waals surface area contributed by atoms with Crippen LogP contribution in [0.5, 0.6) is 0 Å². The molecule has 0 radical (unpaired) electrons. The lowest BCUT2D eigenvalue weighted by Crippen LogP contribution is -2.25. The largest absolute Gasteiger partial charge is 0.369 e. The number of nitrogens with zero attached hydrogens (tertiary/aromatic N) is 1. The smallest absolute Gasteiger partial charge is 0.220 e. The third-order valence-electron chi connectivity index (χ3n) is 2.66. The highest BCUT2D eigenvalue weighted by Crippen LogP contribution is 2.22. The van der Waals surface area contributed by atoms with Crippen molar-refractivity contribution >= 4 is 5.91 Å². The lowest BCUT2D eigenvalue weighted by Gasteiger charge is -2.16. The highest BCUT2D eigenvalue weighted by atomic mass is 16.1. The van der Waals surface area contributed by atoms with Crippen LogP contribution < -0.4 is 5.73 Å². The van der Waals surface area contributed by atoms with E-state index in [0.717, 1.165) is 11.3 Å². The Morgan fingerprint density at radius 3 is 2.50 bits per heavy atom. The van der Waals surface area contributed by atoms with Crippen molar-refractivity contribution in [3.63, 3.8) is 0 Å². The van der Waals surface area contributed by atoms with Crippen molar-refractivity contribution in [3.05, 3.63) is 29.6 Å². The van der Waals surface area contributed by atoms with Crippen molar-refractivity contribution in [2.24, 2.45) is 11.7 Å². The molecule has 1 heterocycles. The lowest BCUT2D eigenvalue weighted by molar-refractivity contribution is -0.121. The molecule has 0 bridgehead atoms. The van der Waals surface area contributed by atoms with Crippen LogP contribution in [0.4, 0.5) is 0 Å². The van der Waals surface area contributed by atoms with E-state index in [1.165, 1.54) is 0 Å². The molecule has 0 aromatic carbocycles. The molecule has 0 aliphatic heterocycles. The van der Waals surface area contributed by atoms with Gasteiger partial charge in [-0.05, 0) is 24.5 Å². The fourth-order valence-corrected chi connectivity index (χ4v) is 1.28. The van der Waals surface area contributed by atoms with E-state index >= 15 is 0 Å². The summed E-state index contributed by atoms with van der Waals surface area (Å²) in [7, 11) is 0. The second kappa shape index (κ2) is 4.22. The molecular formula is C11H16N2O. The van der Waals surface area contributed by atoms with Crippen molar-refractivity contribution in [1.29, 1.82) is 0 Å². The number of hydrogen-bond acceptors (Lipinski definition) is 2. The quantitative estimate of drug-likeness (QED) is 0.791. The summed E-state index contributed by atoms with van der Waals surface area (Å²) in [6.45, 7) is 5.76. The van der Waals surface area contributed by atoms with E-state index in [2.05, 4.69) is 4.98 Å². The lowest BCUT2D eigenvalue weighted by atomic mass is 9.89. The molecule has 2 unspecified atom stereocenters. The zero-order chi connectivity index (χ0) is 10.7. The van der Waals surface area contributed by atoms with Gasteiger partial charge in [0.15, 0.2) is 0 Å². The van der Waals surface area contributed by atoms with E-state index in [4.69, 9.17) is 5.73 Å². The maximum Gasteiger partial charge on any atom is 0.220 e. The Hall–Kier alpha value is -1.38. The van der Waals surface area contributed by atoms with Gasteiger partial charge in [-0.15, -0.1) is 0 Å². The highest BCUT2D eigenvalue weighted by Gasteiger charge is 2.19. The number of carbonyl (C=O) groups is 1. The number of aryl methyl sites for hydroxylation is 1. The maximum absolute atomic E-state index is 11.0. The number of primary amides is 1. The molecule has 1 rings (SSSR count). The number of hydrogen-bond donors (Lipinski definition) is 1. The van der Waals surface area contributed by atoms with Crippen LogP contribution in [0.15, 0.2) is 18.3 Å². The number of amides is 1. The van der Waals surface area contributed by atoms with Gasteiger partial charge in [0.05, 0.1) is 0 Å². The molecule has 76 valence electrons. The molecule has 0 aliphatic carbocycles. The first-order chi connectivity index (χ1) is 6.52. The molecule has 3 heteroatoms. The first-order valence-electron chi connectivity index (χ1n) is 4.74. The summed E-state index contributed by atoms with van der Waals surface area (Å²) in [6.07, 6.45) is 1.80. The van der Waals surface area contributed by atoms with Crippen LogP contribution in [0.2, 0.25) is 0 Å². The molecule has 2 atom stereocenters. The Morgan fingerprint density at radius 2 is 2.07 bits per heavy atom. The van der Waals surface area contributed by atoms with Gasteiger partial charge in [-0.2, -0.15) is 0 Å². The Bertz CT molecular complexity index is 319. The van der Waals surface area contributed by atoms with E-state index in [-0.39, 0.29) is 17.7 Å². The molecule has 1 aromatic heterocycles. The Labute approximate surface area is 84.3 Å². The summed E-state index contributed by atoms with van der Waals surface area (Å²) in [5, 5.41) is 0. The van der Waals surface area contributed by atoms with Crippen LogP contribution in [-0.2, 0) is 4.79 Å². The van der Waals surface area contributed by atoms with Crippen LogP contribution in [-0.4, -0.2) is 10.9 Å².